The Morgan fingerprint density at radius 3 is 2.14 bits per heavy atom. The third-order valence-corrected chi connectivity index (χ3v) is 17.4. The number of esters is 1. The zero-order valence-electron chi connectivity index (χ0n) is 22.7. The number of carbonyl (C=O) groups is 1. The highest BCUT2D eigenvalue weighted by Gasteiger charge is 2.61. The van der Waals surface area contributed by atoms with Gasteiger partial charge < -0.3 is 22.4 Å². The molecule has 0 bridgehead atoms. The molecule has 2 aliphatic rings. The van der Waals surface area contributed by atoms with E-state index in [1.807, 2.05) is 0 Å². The number of nitrogens with one attached hydrogen (secondary N) is 1. The second kappa shape index (κ2) is 10.9. The van der Waals surface area contributed by atoms with Crippen LogP contribution in [0.15, 0.2) is 33.5 Å². The van der Waals surface area contributed by atoms with Crippen molar-refractivity contribution in [1.82, 2.24) is 9.55 Å². The number of ether oxygens (including phenoxy) is 2. The number of aromatic nitrogens is 2. The van der Waals surface area contributed by atoms with Crippen LogP contribution in [-0.2, 0) is 27.2 Å². The number of aromatic amines is 1. The molecule has 0 saturated carbocycles. The van der Waals surface area contributed by atoms with Gasteiger partial charge in [-0.1, -0.05) is 55.4 Å². The molecule has 2 fully saturated rings. The summed E-state index contributed by atoms with van der Waals surface area (Å²) in [6.07, 6.45) is 0.386. The van der Waals surface area contributed by atoms with Gasteiger partial charge in [0.15, 0.2) is 6.23 Å². The summed E-state index contributed by atoms with van der Waals surface area (Å²) in [5.41, 5.74) is -0.301. The normalized spacial score (nSPS) is 26.9. The molecular weight excluding hydrogens is 500 g/mol. The fourth-order valence-electron chi connectivity index (χ4n) is 5.25. The minimum absolute atomic E-state index is 0.0680. The van der Waals surface area contributed by atoms with Gasteiger partial charge in [0, 0.05) is 23.9 Å². The number of carbonyl (C=O) groups excluding carboxylic acids is 1. The third kappa shape index (κ3) is 5.11. The first-order chi connectivity index (χ1) is 16.8. The van der Waals surface area contributed by atoms with Crippen LogP contribution >= 0.6 is 0 Å². The lowest BCUT2D eigenvalue weighted by Gasteiger charge is -2.51. The molecule has 36 heavy (non-hydrogen) atoms. The molecule has 0 aromatic carbocycles. The average molecular weight is 541 g/mol. The largest absolute Gasteiger partial charge is 0.466 e. The summed E-state index contributed by atoms with van der Waals surface area (Å²) >= 11 is 0. The van der Waals surface area contributed by atoms with Gasteiger partial charge in [-0.2, -0.15) is 0 Å². The second-order valence-corrected chi connectivity index (χ2v) is 19.6. The van der Waals surface area contributed by atoms with Crippen LogP contribution in [-0.4, -0.2) is 58.6 Å². The molecule has 1 aromatic heterocycles. The molecule has 1 N–H and O–H groups in total. The van der Waals surface area contributed by atoms with Gasteiger partial charge in [-0.3, -0.25) is 14.3 Å². The first kappa shape index (κ1) is 28.7. The second-order valence-electron chi connectivity index (χ2n) is 10.7. The van der Waals surface area contributed by atoms with Gasteiger partial charge in [-0.15, -0.1) is 0 Å². The van der Waals surface area contributed by atoms with Crippen LogP contribution in [0, 0.1) is 0 Å². The highest BCUT2D eigenvalue weighted by atomic mass is 28.5. The van der Waals surface area contributed by atoms with Crippen molar-refractivity contribution in [2.24, 2.45) is 0 Å². The smallest absolute Gasteiger partial charge is 0.335 e. The Morgan fingerprint density at radius 1 is 1.06 bits per heavy atom. The molecule has 10 nitrogen and oxygen atoms in total. The summed E-state index contributed by atoms with van der Waals surface area (Å²) in [6, 6.07) is 1.23. The van der Waals surface area contributed by atoms with Crippen LogP contribution in [0.1, 0.15) is 61.6 Å². The van der Waals surface area contributed by atoms with Crippen LogP contribution in [0.5, 0.6) is 0 Å². The fraction of sp³-hybridized carbons (Fsp3) is 0.708. The lowest BCUT2D eigenvalue weighted by Crippen LogP contribution is -2.65. The van der Waals surface area contributed by atoms with Gasteiger partial charge in [0.05, 0.1) is 13.7 Å². The maximum atomic E-state index is 12.7. The van der Waals surface area contributed by atoms with Gasteiger partial charge in [0.25, 0.3) is 5.56 Å². The van der Waals surface area contributed by atoms with E-state index in [4.69, 9.17) is 22.4 Å². The molecule has 1 aromatic rings. The standard InChI is InChI=1S/C24H40N2O8Si2/c1-14(2)35(15(3)4)31-13-19-22(33-36(34-35,16(5)6)17(7)8)18(12-21(28)30-9)23(32-19)26-11-10-20(27)25-24(26)29/h10-12,14-17,19,22-23H,13H2,1-9H3,(H,25,27,29)/t19-,22+,23-/m1/s1. The van der Waals surface area contributed by atoms with Crippen LogP contribution in [0.25, 0.3) is 0 Å². The van der Waals surface area contributed by atoms with Crippen LogP contribution in [0.3, 0.4) is 0 Å². The van der Waals surface area contributed by atoms with Crippen molar-refractivity contribution >= 4 is 23.1 Å². The van der Waals surface area contributed by atoms with Crippen molar-refractivity contribution in [2.75, 3.05) is 13.7 Å². The topological polar surface area (TPSA) is 118 Å². The summed E-state index contributed by atoms with van der Waals surface area (Å²) in [5, 5.41) is 0. The minimum Gasteiger partial charge on any atom is -0.466 e. The Kier molecular flexibility index (Phi) is 8.68. The Balaban J connectivity index is 2.22. The number of nitrogens with zero attached hydrogens (tertiary/aromatic N) is 1. The Hall–Kier alpha value is -1.84. The van der Waals surface area contributed by atoms with E-state index in [0.29, 0.717) is 5.57 Å². The SMILES string of the molecule is COC(=O)C=C1[C@H](n2ccc(=O)[nH]c2=O)O[C@@H]2CO[Si](C(C)C)(C(C)C)O[Si](C(C)C)(C(C)C)O[C@@H]12. The summed E-state index contributed by atoms with van der Waals surface area (Å²) in [4.78, 5) is 39.1. The minimum atomic E-state index is -3.00. The van der Waals surface area contributed by atoms with Crippen LogP contribution < -0.4 is 11.2 Å². The summed E-state index contributed by atoms with van der Waals surface area (Å²) in [7, 11) is -4.51. The number of methoxy groups -OCH3 is 1. The monoisotopic (exact) mass is 540 g/mol. The molecule has 3 atom stereocenters. The van der Waals surface area contributed by atoms with E-state index in [1.165, 1.54) is 30.0 Å². The predicted molar refractivity (Wildman–Crippen MR) is 139 cm³/mol. The first-order valence-corrected chi connectivity index (χ1v) is 16.5. The Morgan fingerprint density at radius 2 is 1.64 bits per heavy atom. The van der Waals surface area contributed by atoms with E-state index in [1.54, 1.807) is 0 Å². The number of hydrogen-bond acceptors (Lipinski definition) is 8. The molecule has 2 saturated heterocycles. The zero-order chi connectivity index (χ0) is 27.0. The Labute approximate surface area is 214 Å². The van der Waals surface area contributed by atoms with Gasteiger partial charge >= 0.3 is 28.8 Å². The van der Waals surface area contributed by atoms with Crippen LogP contribution in [0.2, 0.25) is 22.2 Å². The number of H-pyrrole nitrogens is 1. The average Bonchev–Trinajstić information content (AvgIpc) is 3.08. The van der Waals surface area contributed by atoms with E-state index in [0.717, 1.165) is 0 Å². The molecule has 0 unspecified atom stereocenters. The fourth-order valence-corrected chi connectivity index (χ4v) is 16.4. The molecule has 0 amide bonds. The number of hydrogen-bond donors (Lipinski definition) is 1. The van der Waals surface area contributed by atoms with Crippen molar-refractivity contribution in [2.45, 2.75) is 96.0 Å². The lowest BCUT2D eigenvalue weighted by atomic mass is 10.1. The molecule has 3 rings (SSSR count). The van der Waals surface area contributed by atoms with Gasteiger partial charge in [-0.25, -0.2) is 9.59 Å². The highest BCUT2D eigenvalue weighted by Crippen LogP contribution is 2.49. The molecule has 12 heteroatoms. The zero-order valence-corrected chi connectivity index (χ0v) is 24.7. The van der Waals surface area contributed by atoms with Gasteiger partial charge in [0.2, 0.25) is 0 Å². The summed E-state index contributed by atoms with van der Waals surface area (Å²) in [6.45, 7) is 17.1. The van der Waals surface area contributed by atoms with Crippen molar-refractivity contribution in [3.8, 4) is 0 Å². The number of fused-ring (bicyclic) bond motifs is 1. The van der Waals surface area contributed by atoms with Crippen molar-refractivity contribution in [1.29, 1.82) is 0 Å². The van der Waals surface area contributed by atoms with Gasteiger partial charge in [0.1, 0.15) is 12.2 Å². The molecule has 0 aliphatic carbocycles. The maximum absolute atomic E-state index is 12.7. The molecular formula is C24H40N2O8Si2. The number of rotatable bonds is 6. The highest BCUT2D eigenvalue weighted by molar-refractivity contribution is 6.84. The predicted octanol–water partition coefficient (Wildman–Crippen LogP) is 3.49. The molecule has 3 heterocycles. The Bertz CT molecular complexity index is 1080. The van der Waals surface area contributed by atoms with Gasteiger partial charge in [-0.05, 0) is 22.2 Å². The van der Waals surface area contributed by atoms with E-state index in [9.17, 15) is 14.4 Å². The maximum Gasteiger partial charge on any atom is 0.335 e. The van der Waals surface area contributed by atoms with E-state index in [-0.39, 0.29) is 28.8 Å². The molecule has 202 valence electrons. The lowest BCUT2D eigenvalue weighted by molar-refractivity contribution is -0.135. The third-order valence-electron chi connectivity index (χ3n) is 7.17. The summed E-state index contributed by atoms with van der Waals surface area (Å²) < 4.78 is 33.5. The molecule has 2 aliphatic heterocycles. The van der Waals surface area contributed by atoms with E-state index in [2.05, 4.69) is 60.4 Å². The van der Waals surface area contributed by atoms with Crippen molar-refractivity contribution in [3.05, 3.63) is 44.8 Å². The molecule has 0 spiro atoms. The molecule has 0 radical (unpaired) electrons. The first-order valence-electron chi connectivity index (χ1n) is 12.6. The quantitative estimate of drug-likeness (QED) is 0.331. The van der Waals surface area contributed by atoms with Crippen LogP contribution in [0.4, 0.5) is 0 Å². The van der Waals surface area contributed by atoms with E-state index >= 15 is 0 Å². The summed E-state index contributed by atoms with van der Waals surface area (Å²) in [5.74, 6) is -0.598. The van der Waals surface area contributed by atoms with Crippen molar-refractivity contribution in [3.63, 3.8) is 0 Å². The van der Waals surface area contributed by atoms with Crippen molar-refractivity contribution < 1.29 is 27.2 Å². The van der Waals surface area contributed by atoms with E-state index < -0.39 is 52.8 Å².